The third-order valence-corrected chi connectivity index (χ3v) is 3.00. The lowest BCUT2D eigenvalue weighted by molar-refractivity contribution is 0.302. The fraction of sp³-hybridized carbons (Fsp3) is 0.538. The van der Waals surface area contributed by atoms with Crippen LogP contribution in [0.15, 0.2) is 18.2 Å². The molecule has 0 aliphatic heterocycles. The van der Waals surface area contributed by atoms with Gasteiger partial charge in [0.15, 0.2) is 0 Å². The minimum absolute atomic E-state index is 0.0148. The molecule has 0 radical (unpaired) electrons. The molecule has 0 saturated carbocycles. The van der Waals surface area contributed by atoms with E-state index >= 15 is 0 Å². The number of anilines is 1. The fourth-order valence-electron chi connectivity index (χ4n) is 1.81. The maximum absolute atomic E-state index is 9.05. The number of aliphatic hydroxyl groups excluding tert-OH is 1. The number of nitrogens with two attached hydrogens (primary N) is 1. The molecule has 96 valence electrons. The molecule has 0 aliphatic carbocycles. The van der Waals surface area contributed by atoms with Gasteiger partial charge in [-0.25, -0.2) is 0 Å². The molecule has 1 rings (SSSR count). The lowest BCUT2D eigenvalue weighted by atomic mass is 10.1. The van der Waals surface area contributed by atoms with E-state index < -0.39 is 0 Å². The normalized spacial score (nSPS) is 12.5. The van der Waals surface area contributed by atoms with Crippen LogP contribution in [0.25, 0.3) is 0 Å². The molecule has 1 aromatic carbocycles. The van der Waals surface area contributed by atoms with Crippen LogP contribution in [-0.4, -0.2) is 24.8 Å². The molecule has 0 spiro atoms. The summed E-state index contributed by atoms with van der Waals surface area (Å²) < 4.78 is 0. The van der Waals surface area contributed by atoms with Gasteiger partial charge in [0.2, 0.25) is 0 Å². The second-order valence-corrected chi connectivity index (χ2v) is 4.62. The summed E-state index contributed by atoms with van der Waals surface area (Å²) in [6.07, 6.45) is 1.02. The van der Waals surface area contributed by atoms with Crippen molar-refractivity contribution in [2.75, 3.05) is 24.6 Å². The topological polar surface area (TPSA) is 49.5 Å². The number of aliphatic hydroxyl groups is 1. The highest BCUT2D eigenvalue weighted by molar-refractivity contribution is 6.33. The van der Waals surface area contributed by atoms with Gasteiger partial charge in [0.1, 0.15) is 0 Å². The van der Waals surface area contributed by atoms with Crippen molar-refractivity contribution in [2.45, 2.75) is 26.3 Å². The van der Waals surface area contributed by atoms with Crippen LogP contribution in [-0.2, 0) is 0 Å². The van der Waals surface area contributed by atoms with Gasteiger partial charge in [-0.1, -0.05) is 24.6 Å². The maximum Gasteiger partial charge on any atom is 0.0642 e. The summed E-state index contributed by atoms with van der Waals surface area (Å²) in [4.78, 5) is 2.09. The average molecular weight is 257 g/mol. The average Bonchev–Trinajstić information content (AvgIpc) is 2.28. The molecule has 4 heteroatoms. The second-order valence-electron chi connectivity index (χ2n) is 4.21. The van der Waals surface area contributed by atoms with Gasteiger partial charge in [-0.2, -0.15) is 0 Å². The molecule has 1 aromatic rings. The van der Waals surface area contributed by atoms with Crippen molar-refractivity contribution < 1.29 is 5.11 Å². The van der Waals surface area contributed by atoms with Crippen molar-refractivity contribution in [1.29, 1.82) is 0 Å². The molecule has 3 N–H and O–H groups in total. The van der Waals surface area contributed by atoms with Gasteiger partial charge in [0.25, 0.3) is 0 Å². The van der Waals surface area contributed by atoms with Crippen molar-refractivity contribution in [1.82, 2.24) is 0 Å². The molecule has 3 nitrogen and oxygen atoms in total. The van der Waals surface area contributed by atoms with E-state index in [1.165, 1.54) is 0 Å². The van der Waals surface area contributed by atoms with E-state index in [0.29, 0.717) is 11.6 Å². The predicted molar refractivity (Wildman–Crippen MR) is 73.6 cm³/mol. The Balaban J connectivity index is 2.95. The fourth-order valence-corrected chi connectivity index (χ4v) is 2.11. The molecule has 1 unspecified atom stereocenters. The van der Waals surface area contributed by atoms with Gasteiger partial charge in [-0.05, 0) is 31.0 Å². The first-order valence-corrected chi connectivity index (χ1v) is 6.38. The summed E-state index contributed by atoms with van der Waals surface area (Å²) in [6.45, 7) is 5.66. The van der Waals surface area contributed by atoms with Crippen LogP contribution in [0.1, 0.15) is 31.9 Å². The van der Waals surface area contributed by atoms with Gasteiger partial charge in [-0.3, -0.25) is 0 Å². The van der Waals surface area contributed by atoms with E-state index in [4.69, 9.17) is 22.4 Å². The minimum Gasteiger partial charge on any atom is -0.395 e. The van der Waals surface area contributed by atoms with Crippen LogP contribution in [0.2, 0.25) is 5.02 Å². The lowest BCUT2D eigenvalue weighted by Crippen LogP contribution is -2.27. The summed E-state index contributed by atoms with van der Waals surface area (Å²) in [5.74, 6) is 0. The molecule has 0 heterocycles. The zero-order valence-corrected chi connectivity index (χ0v) is 11.2. The molecular weight excluding hydrogens is 236 g/mol. The first-order valence-electron chi connectivity index (χ1n) is 6.01. The molecule has 1 atom stereocenters. The zero-order chi connectivity index (χ0) is 12.8. The van der Waals surface area contributed by atoms with Crippen LogP contribution in [0.4, 0.5) is 5.69 Å². The summed E-state index contributed by atoms with van der Waals surface area (Å²) in [7, 11) is 0. The number of hydrogen-bond donors (Lipinski definition) is 2. The summed E-state index contributed by atoms with van der Waals surface area (Å²) in [5, 5.41) is 9.75. The number of benzene rings is 1. The molecule has 0 fully saturated rings. The number of hydrogen-bond acceptors (Lipinski definition) is 3. The maximum atomic E-state index is 9.05. The van der Waals surface area contributed by atoms with Gasteiger partial charge < -0.3 is 15.7 Å². The highest BCUT2D eigenvalue weighted by Crippen LogP contribution is 2.28. The molecule has 0 amide bonds. The Labute approximate surface area is 108 Å². The van der Waals surface area contributed by atoms with Crippen LogP contribution >= 0.6 is 11.6 Å². The smallest absolute Gasteiger partial charge is 0.0642 e. The number of halogens is 1. The predicted octanol–water partition coefficient (Wildman–Crippen LogP) is 2.57. The monoisotopic (exact) mass is 256 g/mol. The Morgan fingerprint density at radius 3 is 2.59 bits per heavy atom. The van der Waals surface area contributed by atoms with Gasteiger partial charge in [0, 0.05) is 19.1 Å². The van der Waals surface area contributed by atoms with Gasteiger partial charge in [0.05, 0.1) is 17.3 Å². The first kappa shape index (κ1) is 14.3. The Hall–Kier alpha value is -0.770. The highest BCUT2D eigenvalue weighted by Gasteiger charge is 2.10. The standard InChI is InChI=1S/C13H21ClN2O/c1-3-6-16(7-8-17)13-5-4-11(10(2)15)9-12(13)14/h4-5,9-10,17H,3,6-8,15H2,1-2H3. The first-order chi connectivity index (χ1) is 8.10. The molecule has 0 aliphatic rings. The third-order valence-electron chi connectivity index (χ3n) is 2.70. The van der Waals surface area contributed by atoms with Crippen LogP contribution in [0, 0.1) is 0 Å². The van der Waals surface area contributed by atoms with E-state index in [1.807, 2.05) is 25.1 Å². The largest absolute Gasteiger partial charge is 0.395 e. The van der Waals surface area contributed by atoms with E-state index in [0.717, 1.165) is 24.2 Å². The molecule has 0 bridgehead atoms. The van der Waals surface area contributed by atoms with Crippen LogP contribution < -0.4 is 10.6 Å². The van der Waals surface area contributed by atoms with E-state index in [1.54, 1.807) is 0 Å². The van der Waals surface area contributed by atoms with E-state index in [9.17, 15) is 0 Å². The quantitative estimate of drug-likeness (QED) is 0.823. The van der Waals surface area contributed by atoms with Crippen molar-refractivity contribution in [3.63, 3.8) is 0 Å². The molecular formula is C13H21ClN2O. The number of nitrogens with zero attached hydrogens (tertiary/aromatic N) is 1. The summed E-state index contributed by atoms with van der Waals surface area (Å²) in [6, 6.07) is 5.86. The lowest BCUT2D eigenvalue weighted by Gasteiger charge is -2.25. The second kappa shape index (κ2) is 6.84. The van der Waals surface area contributed by atoms with E-state index in [-0.39, 0.29) is 12.6 Å². The van der Waals surface area contributed by atoms with Gasteiger partial charge >= 0.3 is 0 Å². The summed E-state index contributed by atoms with van der Waals surface area (Å²) in [5.41, 5.74) is 7.81. The molecule has 0 saturated heterocycles. The Morgan fingerprint density at radius 1 is 1.41 bits per heavy atom. The van der Waals surface area contributed by atoms with Crippen molar-refractivity contribution in [3.05, 3.63) is 28.8 Å². The summed E-state index contributed by atoms with van der Waals surface area (Å²) >= 11 is 6.26. The highest BCUT2D eigenvalue weighted by atomic mass is 35.5. The number of rotatable bonds is 6. The van der Waals surface area contributed by atoms with Crippen molar-refractivity contribution in [3.8, 4) is 0 Å². The Bertz CT molecular complexity index is 349. The SMILES string of the molecule is CCCN(CCO)c1ccc(C(C)N)cc1Cl. The Morgan fingerprint density at radius 2 is 2.12 bits per heavy atom. The van der Waals surface area contributed by atoms with Crippen molar-refractivity contribution >= 4 is 17.3 Å². The zero-order valence-electron chi connectivity index (χ0n) is 10.5. The Kier molecular flexibility index (Phi) is 5.75. The minimum atomic E-state index is -0.0148. The van der Waals surface area contributed by atoms with Crippen molar-refractivity contribution in [2.24, 2.45) is 5.73 Å². The molecule has 0 aromatic heterocycles. The van der Waals surface area contributed by atoms with Crippen LogP contribution in [0.3, 0.4) is 0 Å². The molecule has 17 heavy (non-hydrogen) atoms. The van der Waals surface area contributed by atoms with E-state index in [2.05, 4.69) is 11.8 Å². The van der Waals surface area contributed by atoms with Crippen LogP contribution in [0.5, 0.6) is 0 Å². The van der Waals surface area contributed by atoms with Gasteiger partial charge in [-0.15, -0.1) is 0 Å². The third kappa shape index (κ3) is 3.87.